The summed E-state index contributed by atoms with van der Waals surface area (Å²) >= 11 is 0. The lowest BCUT2D eigenvalue weighted by molar-refractivity contribution is 0.0996. The number of carbonyl (C=O) groups is 1. The summed E-state index contributed by atoms with van der Waals surface area (Å²) in [5, 5.41) is 4.42. The monoisotopic (exact) mass is 302 g/mol. The van der Waals surface area contributed by atoms with Gasteiger partial charge in [-0.15, -0.1) is 0 Å². The highest BCUT2D eigenvalue weighted by atomic mass is 16.2. The van der Waals surface area contributed by atoms with Gasteiger partial charge in [0.25, 0.3) is 11.5 Å². The van der Waals surface area contributed by atoms with E-state index in [1.165, 1.54) is 10.7 Å². The lowest BCUT2D eigenvalue weighted by Crippen LogP contribution is -2.35. The van der Waals surface area contributed by atoms with Gasteiger partial charge >= 0.3 is 0 Å². The molecule has 0 aliphatic carbocycles. The molecule has 0 bridgehead atoms. The molecule has 2 heterocycles. The average Bonchev–Trinajstić information content (AvgIpc) is 2.87. The maximum Gasteiger partial charge on any atom is 0.288 e. The van der Waals surface area contributed by atoms with Crippen LogP contribution in [0.4, 0.5) is 0 Å². The maximum absolute atomic E-state index is 12.5. The van der Waals surface area contributed by atoms with Gasteiger partial charge in [0.15, 0.2) is 0 Å². The first-order valence-corrected chi connectivity index (χ1v) is 7.43. The Labute approximate surface area is 129 Å². The number of nitrogens with one attached hydrogen (secondary N) is 1. The molecular formula is C16H22N4O2. The molecule has 0 aliphatic heterocycles. The van der Waals surface area contributed by atoms with Crippen LogP contribution in [0.15, 0.2) is 23.0 Å². The van der Waals surface area contributed by atoms with E-state index in [1.54, 1.807) is 17.7 Å². The normalized spacial score (nSPS) is 11.0. The smallest absolute Gasteiger partial charge is 0.267 e. The summed E-state index contributed by atoms with van der Waals surface area (Å²) in [4.78, 5) is 24.5. The third kappa shape index (κ3) is 3.10. The van der Waals surface area contributed by atoms with Crippen molar-refractivity contribution in [3.8, 4) is 0 Å². The zero-order chi connectivity index (χ0) is 16.4. The Morgan fingerprint density at radius 2 is 1.95 bits per heavy atom. The van der Waals surface area contributed by atoms with E-state index in [0.29, 0.717) is 17.9 Å². The molecule has 118 valence electrons. The zero-order valence-corrected chi connectivity index (χ0v) is 13.7. The number of hydrogen-bond donors (Lipinski definition) is 1. The molecule has 0 aliphatic rings. The Morgan fingerprint density at radius 3 is 2.50 bits per heavy atom. The van der Waals surface area contributed by atoms with Gasteiger partial charge in [-0.3, -0.25) is 19.7 Å². The summed E-state index contributed by atoms with van der Waals surface area (Å²) in [7, 11) is 0. The number of pyridine rings is 1. The molecule has 0 spiro atoms. The number of nitrogens with zero attached hydrogens (tertiary/aromatic N) is 3. The predicted octanol–water partition coefficient (Wildman–Crippen LogP) is 2.19. The summed E-state index contributed by atoms with van der Waals surface area (Å²) in [6, 6.07) is 5.11. The number of aromatic nitrogens is 3. The van der Waals surface area contributed by atoms with Gasteiger partial charge < -0.3 is 0 Å². The molecule has 0 unspecified atom stereocenters. The standard InChI is InChI=1S/C16H22N4O2/c1-6-19-14(9-13(17-19)10(2)3)16(22)18-20-12(5)7-11(4)8-15(20)21/h7-10H,6H2,1-5H3,(H,18,22). The largest absolute Gasteiger partial charge is 0.288 e. The van der Waals surface area contributed by atoms with Crippen molar-refractivity contribution in [2.24, 2.45) is 0 Å². The Bertz CT molecular complexity index is 756. The van der Waals surface area contributed by atoms with Gasteiger partial charge in [0.1, 0.15) is 5.69 Å². The van der Waals surface area contributed by atoms with Gasteiger partial charge in [0.05, 0.1) is 5.69 Å². The summed E-state index contributed by atoms with van der Waals surface area (Å²) < 4.78 is 2.91. The van der Waals surface area contributed by atoms with Crippen molar-refractivity contribution in [3.05, 3.63) is 51.2 Å². The second-order valence-electron chi connectivity index (χ2n) is 5.71. The van der Waals surface area contributed by atoms with E-state index in [4.69, 9.17) is 0 Å². The van der Waals surface area contributed by atoms with E-state index in [0.717, 1.165) is 11.3 Å². The van der Waals surface area contributed by atoms with Crippen molar-refractivity contribution in [2.45, 2.75) is 47.1 Å². The molecule has 22 heavy (non-hydrogen) atoms. The van der Waals surface area contributed by atoms with E-state index in [1.807, 2.05) is 33.8 Å². The van der Waals surface area contributed by atoms with Crippen LogP contribution in [0.3, 0.4) is 0 Å². The quantitative estimate of drug-likeness (QED) is 0.941. The van der Waals surface area contributed by atoms with Gasteiger partial charge in [-0.05, 0) is 44.4 Å². The number of hydrogen-bond acceptors (Lipinski definition) is 3. The Balaban J connectivity index is 2.36. The predicted molar refractivity (Wildman–Crippen MR) is 85.9 cm³/mol. The maximum atomic E-state index is 12.5. The molecule has 0 aromatic carbocycles. The van der Waals surface area contributed by atoms with Crippen LogP contribution in [0.1, 0.15) is 54.1 Å². The van der Waals surface area contributed by atoms with E-state index in [9.17, 15) is 9.59 Å². The molecule has 2 aromatic heterocycles. The van der Waals surface area contributed by atoms with Crippen molar-refractivity contribution in [2.75, 3.05) is 5.43 Å². The first kappa shape index (κ1) is 16.0. The minimum absolute atomic E-state index is 0.239. The number of rotatable bonds is 4. The third-order valence-corrected chi connectivity index (χ3v) is 3.50. The molecular weight excluding hydrogens is 280 g/mol. The minimum Gasteiger partial charge on any atom is -0.267 e. The van der Waals surface area contributed by atoms with E-state index >= 15 is 0 Å². The van der Waals surface area contributed by atoms with Crippen molar-refractivity contribution in [3.63, 3.8) is 0 Å². The molecule has 0 saturated heterocycles. The fourth-order valence-corrected chi connectivity index (χ4v) is 2.31. The van der Waals surface area contributed by atoms with Crippen molar-refractivity contribution >= 4 is 5.91 Å². The summed E-state index contributed by atoms with van der Waals surface area (Å²) in [5.41, 5.74) is 5.27. The molecule has 2 aromatic rings. The van der Waals surface area contributed by atoms with Crippen LogP contribution in [-0.2, 0) is 6.54 Å². The topological polar surface area (TPSA) is 68.9 Å². The van der Waals surface area contributed by atoms with Crippen LogP contribution in [0.25, 0.3) is 0 Å². The van der Waals surface area contributed by atoms with Crippen LogP contribution < -0.4 is 11.0 Å². The Hall–Kier alpha value is -2.37. The van der Waals surface area contributed by atoms with E-state index in [2.05, 4.69) is 10.5 Å². The van der Waals surface area contributed by atoms with Gasteiger partial charge in [0.2, 0.25) is 0 Å². The van der Waals surface area contributed by atoms with Gasteiger partial charge in [-0.25, -0.2) is 4.68 Å². The van der Waals surface area contributed by atoms with Crippen molar-refractivity contribution < 1.29 is 4.79 Å². The second-order valence-corrected chi connectivity index (χ2v) is 5.71. The molecule has 0 saturated carbocycles. The lowest BCUT2D eigenvalue weighted by atomic mass is 10.1. The fraction of sp³-hybridized carbons (Fsp3) is 0.438. The number of carbonyl (C=O) groups excluding carboxylic acids is 1. The molecule has 0 fully saturated rings. The summed E-state index contributed by atoms with van der Waals surface area (Å²) in [5.74, 6) is -0.0986. The first-order chi connectivity index (χ1) is 10.3. The highest BCUT2D eigenvalue weighted by Crippen LogP contribution is 2.14. The number of aryl methyl sites for hydroxylation is 3. The minimum atomic E-state index is -0.338. The molecule has 0 atom stereocenters. The van der Waals surface area contributed by atoms with Crippen LogP contribution in [0.2, 0.25) is 0 Å². The van der Waals surface area contributed by atoms with Crippen molar-refractivity contribution in [1.29, 1.82) is 0 Å². The highest BCUT2D eigenvalue weighted by Gasteiger charge is 2.17. The van der Waals surface area contributed by atoms with Gasteiger partial charge in [0, 0.05) is 18.3 Å². The lowest BCUT2D eigenvalue weighted by Gasteiger charge is -2.12. The highest BCUT2D eigenvalue weighted by molar-refractivity contribution is 5.98. The summed E-state index contributed by atoms with van der Waals surface area (Å²) in [6.45, 7) is 10.2. The first-order valence-electron chi connectivity index (χ1n) is 7.43. The van der Waals surface area contributed by atoms with Crippen LogP contribution >= 0.6 is 0 Å². The second kappa shape index (κ2) is 6.17. The Kier molecular flexibility index (Phi) is 4.49. The SMILES string of the molecule is CCn1nc(C(C)C)cc1C(=O)Nn1c(C)cc(C)cc1=O. The van der Waals surface area contributed by atoms with Crippen molar-refractivity contribution in [1.82, 2.24) is 14.5 Å². The van der Waals surface area contributed by atoms with E-state index < -0.39 is 0 Å². The number of amides is 1. The molecule has 0 radical (unpaired) electrons. The van der Waals surface area contributed by atoms with Gasteiger partial charge in [-0.1, -0.05) is 13.8 Å². The Morgan fingerprint density at radius 1 is 1.27 bits per heavy atom. The van der Waals surface area contributed by atoms with Gasteiger partial charge in [-0.2, -0.15) is 5.10 Å². The molecule has 2 rings (SSSR count). The zero-order valence-electron chi connectivity index (χ0n) is 13.7. The average molecular weight is 302 g/mol. The van der Waals surface area contributed by atoms with Crippen LogP contribution in [0, 0.1) is 13.8 Å². The fourth-order valence-electron chi connectivity index (χ4n) is 2.31. The molecule has 1 amide bonds. The summed E-state index contributed by atoms with van der Waals surface area (Å²) in [6.07, 6.45) is 0. The molecule has 6 heteroatoms. The van der Waals surface area contributed by atoms with Crippen LogP contribution in [-0.4, -0.2) is 20.4 Å². The van der Waals surface area contributed by atoms with E-state index in [-0.39, 0.29) is 17.4 Å². The third-order valence-electron chi connectivity index (χ3n) is 3.50. The van der Waals surface area contributed by atoms with Crippen LogP contribution in [0.5, 0.6) is 0 Å². The molecule has 6 nitrogen and oxygen atoms in total. The molecule has 1 N–H and O–H groups in total.